The van der Waals surface area contributed by atoms with Crippen LogP contribution in [0, 0.1) is 0 Å². The number of carbonyl (C=O) groups excluding carboxylic acids is 1. The Labute approximate surface area is 154 Å². The summed E-state index contributed by atoms with van der Waals surface area (Å²) >= 11 is 0. The molecular weight excluding hydrogens is 320 g/mol. The maximum atomic E-state index is 13.3. The Morgan fingerprint density at radius 3 is 2.46 bits per heavy atom. The zero-order valence-corrected chi connectivity index (χ0v) is 15.2. The van der Waals surface area contributed by atoms with Crippen molar-refractivity contribution in [2.75, 3.05) is 0 Å². The molecule has 1 saturated carbocycles. The summed E-state index contributed by atoms with van der Waals surface area (Å²) in [6.07, 6.45) is 8.23. The van der Waals surface area contributed by atoms with Gasteiger partial charge in [-0.1, -0.05) is 55.7 Å². The van der Waals surface area contributed by atoms with Crippen LogP contribution in [-0.4, -0.2) is 21.4 Å². The summed E-state index contributed by atoms with van der Waals surface area (Å²) in [5.74, 6) is 0.213. The molecule has 0 bridgehead atoms. The van der Waals surface area contributed by atoms with Gasteiger partial charge in [0.05, 0.1) is 6.04 Å². The maximum absolute atomic E-state index is 13.3. The highest BCUT2D eigenvalue weighted by molar-refractivity contribution is 6.01. The molecule has 1 fully saturated rings. The van der Waals surface area contributed by atoms with E-state index in [-0.39, 0.29) is 11.9 Å². The molecule has 3 nitrogen and oxygen atoms in total. The van der Waals surface area contributed by atoms with Crippen molar-refractivity contribution in [1.82, 2.24) is 9.47 Å². The fraction of sp³-hybridized carbons (Fsp3) is 0.348. The van der Waals surface area contributed by atoms with Gasteiger partial charge in [0.1, 0.15) is 0 Å². The summed E-state index contributed by atoms with van der Waals surface area (Å²) in [6.45, 7) is 0. The highest BCUT2D eigenvalue weighted by Crippen LogP contribution is 2.44. The number of carbonyl (C=O) groups is 1. The number of nitrogens with zero attached hydrogens (tertiary/aromatic N) is 2. The van der Waals surface area contributed by atoms with Gasteiger partial charge in [0.2, 0.25) is 0 Å². The molecule has 5 rings (SSSR count). The second-order valence-corrected chi connectivity index (χ2v) is 7.71. The largest absolute Gasteiger partial charge is 0.350 e. The normalized spacial score (nSPS) is 20.7. The van der Waals surface area contributed by atoms with E-state index in [0.29, 0.717) is 6.04 Å². The fourth-order valence-corrected chi connectivity index (χ4v) is 4.98. The molecule has 132 valence electrons. The quantitative estimate of drug-likeness (QED) is 0.638. The SMILES string of the molecule is Cn1cc(C2c3ccccc3C(=O)N2C2CCCCC2)c2ccccc21. The minimum Gasteiger partial charge on any atom is -0.350 e. The second-order valence-electron chi connectivity index (χ2n) is 7.71. The van der Waals surface area contributed by atoms with Crippen LogP contribution in [0.3, 0.4) is 0 Å². The van der Waals surface area contributed by atoms with E-state index in [1.54, 1.807) is 0 Å². The lowest BCUT2D eigenvalue weighted by atomic mass is 9.91. The van der Waals surface area contributed by atoms with Crippen molar-refractivity contribution >= 4 is 16.8 Å². The van der Waals surface area contributed by atoms with Crippen LogP contribution >= 0.6 is 0 Å². The first-order chi connectivity index (χ1) is 12.8. The van der Waals surface area contributed by atoms with E-state index in [1.165, 1.54) is 41.3 Å². The molecule has 2 aliphatic rings. The average Bonchev–Trinajstić information content (AvgIpc) is 3.18. The van der Waals surface area contributed by atoms with Crippen LogP contribution in [0.25, 0.3) is 10.9 Å². The molecule has 2 aromatic carbocycles. The van der Waals surface area contributed by atoms with Crippen molar-refractivity contribution in [1.29, 1.82) is 0 Å². The predicted octanol–water partition coefficient (Wildman–Crippen LogP) is 5.06. The Bertz CT molecular complexity index is 981. The van der Waals surface area contributed by atoms with Crippen molar-refractivity contribution in [2.45, 2.75) is 44.2 Å². The summed E-state index contributed by atoms with van der Waals surface area (Å²) < 4.78 is 2.19. The molecule has 1 aliphatic heterocycles. The summed E-state index contributed by atoms with van der Waals surface area (Å²) in [5.41, 5.74) is 4.53. The van der Waals surface area contributed by atoms with Crippen LogP contribution < -0.4 is 0 Å². The number of aromatic nitrogens is 1. The van der Waals surface area contributed by atoms with Crippen molar-refractivity contribution in [3.8, 4) is 0 Å². The summed E-state index contributed by atoms with van der Waals surface area (Å²) in [7, 11) is 2.10. The van der Waals surface area contributed by atoms with Crippen LogP contribution in [0.2, 0.25) is 0 Å². The number of aryl methyl sites for hydroxylation is 1. The molecule has 2 heterocycles. The zero-order valence-electron chi connectivity index (χ0n) is 15.2. The van der Waals surface area contributed by atoms with Gasteiger partial charge in [-0.2, -0.15) is 0 Å². The van der Waals surface area contributed by atoms with Crippen molar-refractivity contribution < 1.29 is 4.79 Å². The van der Waals surface area contributed by atoms with Crippen LogP contribution in [-0.2, 0) is 7.05 Å². The summed E-state index contributed by atoms with van der Waals surface area (Å²) in [4.78, 5) is 15.5. The molecule has 0 N–H and O–H groups in total. The molecule has 3 heteroatoms. The second kappa shape index (κ2) is 6.01. The lowest BCUT2D eigenvalue weighted by Crippen LogP contribution is -2.39. The molecule has 0 spiro atoms. The number of hydrogen-bond donors (Lipinski definition) is 0. The molecule has 1 atom stereocenters. The standard InChI is InChI=1S/C23H24N2O/c1-24-15-20(17-11-7-8-14-21(17)24)22-18-12-5-6-13-19(18)23(26)25(22)16-9-3-2-4-10-16/h5-8,11-16,22H,2-4,9-10H2,1H3. The lowest BCUT2D eigenvalue weighted by Gasteiger charge is -2.36. The van der Waals surface area contributed by atoms with Gasteiger partial charge in [0.25, 0.3) is 5.91 Å². The van der Waals surface area contributed by atoms with Gasteiger partial charge < -0.3 is 9.47 Å². The van der Waals surface area contributed by atoms with Gasteiger partial charge in [-0.15, -0.1) is 0 Å². The van der Waals surface area contributed by atoms with Gasteiger partial charge in [-0.05, 0) is 30.5 Å². The van der Waals surface area contributed by atoms with Crippen LogP contribution in [0.15, 0.2) is 54.7 Å². The van der Waals surface area contributed by atoms with Crippen LogP contribution in [0.1, 0.15) is 59.6 Å². The Kier molecular flexibility index (Phi) is 3.63. The number of benzene rings is 2. The number of rotatable bonds is 2. The predicted molar refractivity (Wildman–Crippen MR) is 104 cm³/mol. The third-order valence-electron chi connectivity index (χ3n) is 6.19. The number of hydrogen-bond acceptors (Lipinski definition) is 1. The van der Waals surface area contributed by atoms with Crippen molar-refractivity contribution in [3.63, 3.8) is 0 Å². The highest BCUT2D eigenvalue weighted by atomic mass is 16.2. The van der Waals surface area contributed by atoms with Crippen molar-refractivity contribution in [3.05, 3.63) is 71.4 Å². The van der Waals surface area contributed by atoms with Crippen molar-refractivity contribution in [2.24, 2.45) is 7.05 Å². The third kappa shape index (κ3) is 2.23. The maximum Gasteiger partial charge on any atom is 0.255 e. The van der Waals surface area contributed by atoms with Gasteiger partial charge >= 0.3 is 0 Å². The van der Waals surface area contributed by atoms with E-state index in [9.17, 15) is 4.79 Å². The number of fused-ring (bicyclic) bond motifs is 2. The van der Waals surface area contributed by atoms with Gasteiger partial charge in [-0.25, -0.2) is 0 Å². The summed E-state index contributed by atoms with van der Waals surface area (Å²) in [6, 6.07) is 17.1. The van der Waals surface area contributed by atoms with Crippen LogP contribution in [0.4, 0.5) is 0 Å². The highest BCUT2D eigenvalue weighted by Gasteiger charge is 2.42. The van der Waals surface area contributed by atoms with Gasteiger partial charge in [-0.3, -0.25) is 4.79 Å². The minimum atomic E-state index is 0.0351. The summed E-state index contributed by atoms with van der Waals surface area (Å²) in [5, 5.41) is 1.25. The van der Waals surface area contributed by atoms with E-state index < -0.39 is 0 Å². The average molecular weight is 344 g/mol. The Morgan fingerprint density at radius 1 is 0.885 bits per heavy atom. The smallest absolute Gasteiger partial charge is 0.255 e. The zero-order chi connectivity index (χ0) is 17.7. The molecule has 26 heavy (non-hydrogen) atoms. The molecule has 1 aliphatic carbocycles. The molecule has 0 radical (unpaired) electrons. The molecule has 3 aromatic rings. The Balaban J connectivity index is 1.71. The molecular formula is C23H24N2O. The minimum absolute atomic E-state index is 0.0351. The fourth-order valence-electron chi connectivity index (χ4n) is 4.98. The first-order valence-corrected chi connectivity index (χ1v) is 9.71. The van der Waals surface area contributed by atoms with E-state index in [2.05, 4.69) is 59.1 Å². The van der Waals surface area contributed by atoms with E-state index in [1.807, 2.05) is 12.1 Å². The molecule has 1 aromatic heterocycles. The lowest BCUT2D eigenvalue weighted by molar-refractivity contribution is 0.0613. The number of amides is 1. The monoisotopic (exact) mass is 344 g/mol. The van der Waals surface area contributed by atoms with Gasteiger partial charge in [0.15, 0.2) is 0 Å². The first kappa shape index (κ1) is 15.7. The topological polar surface area (TPSA) is 25.2 Å². The Morgan fingerprint density at radius 2 is 1.62 bits per heavy atom. The molecule has 1 amide bonds. The molecule has 1 unspecified atom stereocenters. The molecule has 0 saturated heterocycles. The first-order valence-electron chi connectivity index (χ1n) is 9.71. The third-order valence-corrected chi connectivity index (χ3v) is 6.19. The van der Waals surface area contributed by atoms with E-state index in [0.717, 1.165) is 18.4 Å². The van der Waals surface area contributed by atoms with Crippen LogP contribution in [0.5, 0.6) is 0 Å². The van der Waals surface area contributed by atoms with E-state index >= 15 is 0 Å². The van der Waals surface area contributed by atoms with E-state index in [4.69, 9.17) is 0 Å². The Hall–Kier alpha value is -2.55. The van der Waals surface area contributed by atoms with Gasteiger partial charge in [0, 0.05) is 41.3 Å². The number of para-hydroxylation sites is 1.